The molecule has 0 saturated heterocycles. The van der Waals surface area contributed by atoms with E-state index in [0.717, 1.165) is 17.8 Å². The normalized spacial score (nSPS) is 13.5. The number of benzene rings is 1. The van der Waals surface area contributed by atoms with Crippen molar-refractivity contribution < 1.29 is 18.3 Å². The maximum Gasteiger partial charge on any atom is 0.416 e. The van der Waals surface area contributed by atoms with Gasteiger partial charge in [0.15, 0.2) is 0 Å². The van der Waals surface area contributed by atoms with Gasteiger partial charge in [-0.3, -0.25) is 4.68 Å². The summed E-state index contributed by atoms with van der Waals surface area (Å²) in [5.74, 6) is 0. The molecule has 2 aromatic rings. The molecule has 1 heterocycles. The van der Waals surface area contributed by atoms with Crippen LogP contribution in [0.3, 0.4) is 0 Å². The number of aliphatic hydroxyl groups is 1. The molecule has 1 unspecified atom stereocenters. The Bertz CT molecular complexity index is 674. The molecule has 114 valence electrons. The van der Waals surface area contributed by atoms with Crippen LogP contribution in [0.5, 0.6) is 0 Å². The summed E-state index contributed by atoms with van der Waals surface area (Å²) in [5.41, 5.74) is 2.25. The van der Waals surface area contributed by atoms with E-state index >= 15 is 0 Å². The quantitative estimate of drug-likeness (QED) is 0.922. The van der Waals surface area contributed by atoms with Crippen LogP contribution in [0.1, 0.15) is 39.7 Å². The fraction of sp³-hybridized carbons (Fsp3) is 0.400. The maximum atomic E-state index is 12.7. The molecule has 2 rings (SSSR count). The van der Waals surface area contributed by atoms with E-state index in [1.165, 1.54) is 6.07 Å². The molecule has 3 nitrogen and oxygen atoms in total. The Morgan fingerprint density at radius 1 is 1.19 bits per heavy atom. The minimum Gasteiger partial charge on any atom is -0.384 e. The number of aliphatic hydroxyl groups excluding tert-OH is 1. The lowest BCUT2D eigenvalue weighted by molar-refractivity contribution is -0.137. The highest BCUT2D eigenvalue weighted by molar-refractivity contribution is 5.41. The van der Waals surface area contributed by atoms with E-state index in [2.05, 4.69) is 5.10 Å². The molecule has 0 spiro atoms. The molecule has 0 aliphatic heterocycles. The van der Waals surface area contributed by atoms with Crippen LogP contribution in [-0.2, 0) is 13.2 Å². The van der Waals surface area contributed by atoms with Crippen molar-refractivity contribution in [3.05, 3.63) is 51.8 Å². The van der Waals surface area contributed by atoms with Crippen molar-refractivity contribution in [3.63, 3.8) is 0 Å². The molecule has 1 aromatic heterocycles. The third-order valence-corrected chi connectivity index (χ3v) is 3.73. The standard InChI is InChI=1S/C15H17F3N2O/c1-8-7-11(15(16,17)18)5-6-12(8)14(21)13-9(2)19-20(4)10(13)3/h5-7,14,21H,1-4H3. The topological polar surface area (TPSA) is 38.1 Å². The molecular weight excluding hydrogens is 281 g/mol. The summed E-state index contributed by atoms with van der Waals surface area (Å²) in [4.78, 5) is 0. The van der Waals surface area contributed by atoms with Gasteiger partial charge in [0.2, 0.25) is 0 Å². The Morgan fingerprint density at radius 3 is 2.24 bits per heavy atom. The van der Waals surface area contributed by atoms with Gasteiger partial charge in [0.25, 0.3) is 0 Å². The predicted molar refractivity (Wildman–Crippen MR) is 72.9 cm³/mol. The van der Waals surface area contributed by atoms with Gasteiger partial charge in [-0.15, -0.1) is 0 Å². The molecule has 6 heteroatoms. The highest BCUT2D eigenvalue weighted by Crippen LogP contribution is 2.34. The van der Waals surface area contributed by atoms with Gasteiger partial charge >= 0.3 is 6.18 Å². The molecule has 1 N–H and O–H groups in total. The van der Waals surface area contributed by atoms with Crippen LogP contribution in [-0.4, -0.2) is 14.9 Å². The average molecular weight is 298 g/mol. The number of aromatic nitrogens is 2. The SMILES string of the molecule is Cc1cc(C(F)(F)F)ccc1C(O)c1c(C)nn(C)c1C. The highest BCUT2D eigenvalue weighted by atomic mass is 19.4. The molecule has 0 amide bonds. The van der Waals surface area contributed by atoms with Crippen LogP contribution in [0.4, 0.5) is 13.2 Å². The van der Waals surface area contributed by atoms with Crippen LogP contribution >= 0.6 is 0 Å². The second kappa shape index (κ2) is 5.18. The number of hydrogen-bond donors (Lipinski definition) is 1. The molecule has 1 atom stereocenters. The number of rotatable bonds is 2. The second-order valence-corrected chi connectivity index (χ2v) is 5.18. The van der Waals surface area contributed by atoms with Gasteiger partial charge in [0.1, 0.15) is 6.10 Å². The molecule has 0 saturated carbocycles. The van der Waals surface area contributed by atoms with Crippen LogP contribution in [0.2, 0.25) is 0 Å². The third-order valence-electron chi connectivity index (χ3n) is 3.73. The lowest BCUT2D eigenvalue weighted by Crippen LogP contribution is -2.09. The lowest BCUT2D eigenvalue weighted by atomic mass is 9.94. The van der Waals surface area contributed by atoms with Gasteiger partial charge in [-0.25, -0.2) is 0 Å². The molecule has 1 aromatic carbocycles. The zero-order valence-corrected chi connectivity index (χ0v) is 12.3. The summed E-state index contributed by atoms with van der Waals surface area (Å²) in [6, 6.07) is 3.38. The van der Waals surface area contributed by atoms with Crippen LogP contribution in [0, 0.1) is 20.8 Å². The molecule has 0 radical (unpaired) electrons. The van der Waals surface area contributed by atoms with E-state index in [1.54, 1.807) is 25.6 Å². The number of hydrogen-bond acceptors (Lipinski definition) is 2. The van der Waals surface area contributed by atoms with Gasteiger partial charge in [0, 0.05) is 18.3 Å². The van der Waals surface area contributed by atoms with Crippen molar-refractivity contribution in [1.82, 2.24) is 9.78 Å². The highest BCUT2D eigenvalue weighted by Gasteiger charge is 2.31. The van der Waals surface area contributed by atoms with Crippen molar-refractivity contribution in [2.24, 2.45) is 7.05 Å². The van der Waals surface area contributed by atoms with E-state index in [4.69, 9.17) is 0 Å². The predicted octanol–water partition coefficient (Wildman–Crippen LogP) is 3.45. The van der Waals surface area contributed by atoms with Crippen molar-refractivity contribution in [2.75, 3.05) is 0 Å². The minimum atomic E-state index is -4.38. The monoisotopic (exact) mass is 298 g/mol. The smallest absolute Gasteiger partial charge is 0.384 e. The first-order chi connectivity index (χ1) is 9.62. The van der Waals surface area contributed by atoms with E-state index < -0.39 is 17.8 Å². The zero-order chi connectivity index (χ0) is 15.9. The van der Waals surface area contributed by atoms with Crippen LogP contribution in [0.25, 0.3) is 0 Å². The Hall–Kier alpha value is -1.82. The summed E-state index contributed by atoms with van der Waals surface area (Å²) in [6.45, 7) is 5.15. The number of nitrogens with zero attached hydrogens (tertiary/aromatic N) is 2. The van der Waals surface area contributed by atoms with E-state index in [9.17, 15) is 18.3 Å². The van der Waals surface area contributed by atoms with Crippen molar-refractivity contribution in [3.8, 4) is 0 Å². The number of alkyl halides is 3. The molecule has 21 heavy (non-hydrogen) atoms. The van der Waals surface area contributed by atoms with Gasteiger partial charge in [-0.2, -0.15) is 18.3 Å². The summed E-state index contributed by atoms with van der Waals surface area (Å²) >= 11 is 0. The van der Waals surface area contributed by atoms with Gasteiger partial charge < -0.3 is 5.11 Å². The summed E-state index contributed by atoms with van der Waals surface area (Å²) in [7, 11) is 1.76. The van der Waals surface area contributed by atoms with E-state index in [0.29, 0.717) is 22.4 Å². The second-order valence-electron chi connectivity index (χ2n) is 5.18. The minimum absolute atomic E-state index is 0.403. The number of aryl methyl sites for hydroxylation is 3. The Kier molecular flexibility index (Phi) is 3.84. The summed E-state index contributed by atoms with van der Waals surface area (Å²) < 4.78 is 39.7. The lowest BCUT2D eigenvalue weighted by Gasteiger charge is -2.16. The Balaban J connectivity index is 2.47. The Labute approximate surface area is 121 Å². The van der Waals surface area contributed by atoms with Crippen LogP contribution in [0.15, 0.2) is 18.2 Å². The first-order valence-electron chi connectivity index (χ1n) is 6.48. The summed E-state index contributed by atoms with van der Waals surface area (Å²) in [5, 5.41) is 14.7. The average Bonchev–Trinajstić information content (AvgIpc) is 2.61. The van der Waals surface area contributed by atoms with Crippen LogP contribution < -0.4 is 0 Å². The maximum absolute atomic E-state index is 12.7. The summed E-state index contributed by atoms with van der Waals surface area (Å²) in [6.07, 6.45) is -5.37. The van der Waals surface area contributed by atoms with Crippen molar-refractivity contribution in [2.45, 2.75) is 33.1 Å². The van der Waals surface area contributed by atoms with E-state index in [1.807, 2.05) is 6.92 Å². The van der Waals surface area contributed by atoms with Gasteiger partial charge in [-0.1, -0.05) is 6.07 Å². The van der Waals surface area contributed by atoms with Crippen molar-refractivity contribution in [1.29, 1.82) is 0 Å². The van der Waals surface area contributed by atoms with E-state index in [-0.39, 0.29) is 0 Å². The molecule has 0 bridgehead atoms. The fourth-order valence-corrected chi connectivity index (χ4v) is 2.50. The van der Waals surface area contributed by atoms with Crippen molar-refractivity contribution >= 4 is 0 Å². The van der Waals surface area contributed by atoms with Gasteiger partial charge in [0.05, 0.1) is 11.3 Å². The molecular formula is C15H17F3N2O. The fourth-order valence-electron chi connectivity index (χ4n) is 2.50. The Morgan fingerprint density at radius 2 is 1.81 bits per heavy atom. The molecule has 0 fully saturated rings. The largest absolute Gasteiger partial charge is 0.416 e. The first-order valence-corrected chi connectivity index (χ1v) is 6.48. The third kappa shape index (κ3) is 2.81. The molecule has 0 aliphatic carbocycles. The van der Waals surface area contributed by atoms with Gasteiger partial charge in [-0.05, 0) is 44.0 Å². The first kappa shape index (κ1) is 15.6. The number of halogens is 3. The molecule has 0 aliphatic rings. The zero-order valence-electron chi connectivity index (χ0n) is 12.3.